The maximum absolute atomic E-state index is 13.4. The first kappa shape index (κ1) is 17.3. The molecule has 1 aromatic carbocycles. The molecule has 1 atom stereocenters. The van der Waals surface area contributed by atoms with Crippen molar-refractivity contribution in [2.24, 2.45) is 0 Å². The molecule has 7 heteroatoms. The molecule has 3 heterocycles. The Morgan fingerprint density at radius 2 is 2.00 bits per heavy atom. The zero-order valence-corrected chi connectivity index (χ0v) is 16.4. The number of thioether (sulfide) groups is 1. The molecule has 0 spiro atoms. The van der Waals surface area contributed by atoms with Crippen LogP contribution in [0.2, 0.25) is 0 Å². The van der Waals surface area contributed by atoms with Crippen molar-refractivity contribution in [3.63, 3.8) is 0 Å². The van der Waals surface area contributed by atoms with Gasteiger partial charge in [0.1, 0.15) is 10.1 Å². The molecule has 1 aliphatic heterocycles. The van der Waals surface area contributed by atoms with Gasteiger partial charge in [0.25, 0.3) is 5.56 Å². The van der Waals surface area contributed by atoms with Crippen LogP contribution in [0.25, 0.3) is 15.9 Å². The summed E-state index contributed by atoms with van der Waals surface area (Å²) in [5.74, 6) is -0.237. The number of para-hydroxylation sites is 1. The van der Waals surface area contributed by atoms with Crippen molar-refractivity contribution in [2.45, 2.75) is 37.6 Å². The summed E-state index contributed by atoms with van der Waals surface area (Å²) in [6.45, 7) is 6.35. The highest BCUT2D eigenvalue weighted by atomic mass is 32.2. The Balaban J connectivity index is 1.99. The highest BCUT2D eigenvalue weighted by Gasteiger charge is 2.30. The predicted molar refractivity (Wildman–Crippen MR) is 105 cm³/mol. The molecule has 2 aromatic heterocycles. The Labute approximate surface area is 159 Å². The topological polar surface area (TPSA) is 61.2 Å². The van der Waals surface area contributed by atoms with Crippen LogP contribution in [0.1, 0.15) is 22.4 Å². The van der Waals surface area contributed by atoms with Gasteiger partial charge in [0, 0.05) is 11.3 Å². The highest BCUT2D eigenvalue weighted by molar-refractivity contribution is 8.00. The summed E-state index contributed by atoms with van der Waals surface area (Å²) in [7, 11) is 0. The number of nitrogens with zero attached hydrogens (tertiary/aromatic N) is 2. The predicted octanol–water partition coefficient (Wildman–Crippen LogP) is 3.78. The lowest BCUT2D eigenvalue weighted by atomic mass is 10.2. The number of benzene rings is 1. The first-order chi connectivity index (χ1) is 12.5. The number of carbonyl (C=O) groups excluding carboxylic acids is 1. The van der Waals surface area contributed by atoms with Crippen LogP contribution in [0, 0.1) is 20.8 Å². The van der Waals surface area contributed by atoms with E-state index in [-0.39, 0.29) is 16.8 Å². The fourth-order valence-electron chi connectivity index (χ4n) is 3.09. The first-order valence-corrected chi connectivity index (χ1v) is 10.1. The summed E-state index contributed by atoms with van der Waals surface area (Å²) in [5, 5.41) is 0.882. The molecular formula is C19H18N2O3S2. The zero-order valence-electron chi connectivity index (χ0n) is 14.7. The van der Waals surface area contributed by atoms with E-state index >= 15 is 0 Å². The van der Waals surface area contributed by atoms with Gasteiger partial charge in [0.2, 0.25) is 0 Å². The van der Waals surface area contributed by atoms with Gasteiger partial charge in [-0.3, -0.25) is 14.2 Å². The van der Waals surface area contributed by atoms with E-state index in [9.17, 15) is 9.59 Å². The van der Waals surface area contributed by atoms with Crippen LogP contribution in [0.4, 0.5) is 0 Å². The van der Waals surface area contributed by atoms with Gasteiger partial charge in [0.15, 0.2) is 5.16 Å². The second kappa shape index (κ2) is 6.55. The summed E-state index contributed by atoms with van der Waals surface area (Å²) in [4.78, 5) is 31.9. The van der Waals surface area contributed by atoms with Gasteiger partial charge in [-0.25, -0.2) is 4.98 Å². The number of carbonyl (C=O) groups is 1. The molecule has 0 aliphatic carbocycles. The summed E-state index contributed by atoms with van der Waals surface area (Å²) < 4.78 is 6.72. The van der Waals surface area contributed by atoms with E-state index in [1.807, 2.05) is 45.0 Å². The van der Waals surface area contributed by atoms with Crippen molar-refractivity contribution < 1.29 is 9.53 Å². The molecule has 134 valence electrons. The van der Waals surface area contributed by atoms with E-state index in [4.69, 9.17) is 9.72 Å². The van der Waals surface area contributed by atoms with Crippen molar-refractivity contribution in [1.29, 1.82) is 0 Å². The molecule has 4 rings (SSSR count). The average Bonchev–Trinajstić information content (AvgIpc) is 3.13. The number of fused-ring (bicyclic) bond motifs is 1. The van der Waals surface area contributed by atoms with Crippen molar-refractivity contribution in [2.75, 3.05) is 6.61 Å². The number of rotatable bonds is 3. The fourth-order valence-corrected chi connectivity index (χ4v) is 5.23. The number of aryl methyl sites for hydroxylation is 3. The minimum Gasteiger partial charge on any atom is -0.465 e. The van der Waals surface area contributed by atoms with Crippen molar-refractivity contribution >= 4 is 39.3 Å². The molecule has 26 heavy (non-hydrogen) atoms. The quantitative estimate of drug-likeness (QED) is 0.506. The van der Waals surface area contributed by atoms with Crippen LogP contribution >= 0.6 is 23.1 Å². The summed E-state index contributed by atoms with van der Waals surface area (Å²) in [5.41, 5.74) is 2.67. The van der Waals surface area contributed by atoms with Crippen LogP contribution < -0.4 is 5.56 Å². The summed E-state index contributed by atoms with van der Waals surface area (Å²) in [6, 6.07) is 7.73. The smallest absolute Gasteiger partial charge is 0.319 e. The van der Waals surface area contributed by atoms with Gasteiger partial charge in [0.05, 0.1) is 17.7 Å². The number of hydrogen-bond acceptors (Lipinski definition) is 6. The third kappa shape index (κ3) is 2.75. The summed E-state index contributed by atoms with van der Waals surface area (Å²) in [6.07, 6.45) is 0.633. The monoisotopic (exact) mass is 386 g/mol. The molecule has 0 amide bonds. The second-order valence-corrected chi connectivity index (χ2v) is 8.72. The van der Waals surface area contributed by atoms with Gasteiger partial charge in [-0.2, -0.15) is 0 Å². The fraction of sp³-hybridized carbons (Fsp3) is 0.316. The minimum atomic E-state index is -0.322. The third-order valence-electron chi connectivity index (χ3n) is 4.66. The molecule has 5 nitrogen and oxygen atoms in total. The number of aromatic nitrogens is 2. The lowest BCUT2D eigenvalue weighted by molar-refractivity contribution is -0.137. The highest BCUT2D eigenvalue weighted by Crippen LogP contribution is 2.33. The van der Waals surface area contributed by atoms with E-state index in [0.717, 1.165) is 26.5 Å². The molecule has 0 N–H and O–H groups in total. The maximum atomic E-state index is 13.4. The molecule has 0 radical (unpaired) electrons. The number of cyclic esters (lactones) is 1. The van der Waals surface area contributed by atoms with Gasteiger partial charge in [-0.15, -0.1) is 11.3 Å². The van der Waals surface area contributed by atoms with Gasteiger partial charge in [-0.05, 0) is 38.0 Å². The Morgan fingerprint density at radius 3 is 2.69 bits per heavy atom. The van der Waals surface area contributed by atoms with Crippen LogP contribution in [-0.4, -0.2) is 27.4 Å². The molecule has 0 saturated carbocycles. The van der Waals surface area contributed by atoms with Crippen molar-refractivity contribution in [1.82, 2.24) is 9.55 Å². The normalized spacial score (nSPS) is 17.0. The Bertz CT molecular complexity index is 1080. The number of hydrogen-bond donors (Lipinski definition) is 0. The number of esters is 1. The van der Waals surface area contributed by atoms with Crippen LogP contribution in [0.3, 0.4) is 0 Å². The lowest BCUT2D eigenvalue weighted by Gasteiger charge is -2.15. The Hall–Kier alpha value is -2.12. The summed E-state index contributed by atoms with van der Waals surface area (Å²) >= 11 is 2.84. The first-order valence-electron chi connectivity index (χ1n) is 8.39. The third-order valence-corrected chi connectivity index (χ3v) is 6.96. The molecule has 1 saturated heterocycles. The number of ether oxygens (including phenoxy) is 1. The molecular weight excluding hydrogens is 368 g/mol. The second-order valence-electron chi connectivity index (χ2n) is 6.35. The van der Waals surface area contributed by atoms with E-state index in [2.05, 4.69) is 0 Å². The maximum Gasteiger partial charge on any atom is 0.319 e. The largest absolute Gasteiger partial charge is 0.465 e. The lowest BCUT2D eigenvalue weighted by Crippen LogP contribution is -2.24. The van der Waals surface area contributed by atoms with Crippen LogP contribution in [0.5, 0.6) is 0 Å². The van der Waals surface area contributed by atoms with Crippen molar-refractivity contribution in [3.8, 4) is 5.69 Å². The Morgan fingerprint density at radius 1 is 1.23 bits per heavy atom. The van der Waals surface area contributed by atoms with Gasteiger partial charge in [-0.1, -0.05) is 30.0 Å². The molecule has 1 fully saturated rings. The standard InChI is InChI=1S/C19H18N2O3S2/c1-10-6-4-5-7-13(10)21-17(22)15-11(2)12(3)25-16(15)20-19(21)26-14-8-9-24-18(14)23/h4-7,14H,8-9H2,1-3H3. The Kier molecular flexibility index (Phi) is 4.36. The van der Waals surface area contributed by atoms with Crippen LogP contribution in [-0.2, 0) is 9.53 Å². The van der Waals surface area contributed by atoms with Gasteiger partial charge < -0.3 is 4.74 Å². The molecule has 3 aromatic rings. The van der Waals surface area contributed by atoms with E-state index in [0.29, 0.717) is 23.6 Å². The minimum absolute atomic E-state index is 0.0833. The zero-order chi connectivity index (χ0) is 18.4. The number of thiophene rings is 1. The van der Waals surface area contributed by atoms with E-state index in [1.165, 1.54) is 23.1 Å². The van der Waals surface area contributed by atoms with Crippen LogP contribution in [0.15, 0.2) is 34.2 Å². The van der Waals surface area contributed by atoms with E-state index in [1.54, 1.807) is 4.57 Å². The SMILES string of the molecule is Cc1ccccc1-n1c(SC2CCOC2=O)nc2sc(C)c(C)c2c1=O. The average molecular weight is 386 g/mol. The van der Waals surface area contributed by atoms with E-state index < -0.39 is 0 Å². The molecule has 1 aliphatic rings. The molecule has 0 bridgehead atoms. The van der Waals surface area contributed by atoms with Gasteiger partial charge >= 0.3 is 5.97 Å². The van der Waals surface area contributed by atoms with Crippen molar-refractivity contribution in [3.05, 3.63) is 50.6 Å². The molecule has 1 unspecified atom stereocenters.